The van der Waals surface area contributed by atoms with Crippen LogP contribution in [0, 0.1) is 5.92 Å². The summed E-state index contributed by atoms with van der Waals surface area (Å²) >= 11 is 0. The van der Waals surface area contributed by atoms with Gasteiger partial charge in [0, 0.05) is 38.9 Å². The number of likely N-dealkylation sites (tertiary alicyclic amines) is 1. The van der Waals surface area contributed by atoms with Gasteiger partial charge in [-0.3, -0.25) is 14.7 Å². The van der Waals surface area contributed by atoms with Crippen molar-refractivity contribution in [3.05, 3.63) is 30.1 Å². The van der Waals surface area contributed by atoms with E-state index < -0.39 is 17.2 Å². The van der Waals surface area contributed by atoms with Crippen LogP contribution in [0.1, 0.15) is 64.0 Å². The number of piperidine rings is 1. The largest absolute Gasteiger partial charge is 0.388 e. The molecule has 1 aliphatic carbocycles. The maximum atomic E-state index is 12.7. The van der Waals surface area contributed by atoms with Crippen LogP contribution < -0.4 is 5.32 Å². The van der Waals surface area contributed by atoms with Crippen LogP contribution >= 0.6 is 0 Å². The summed E-state index contributed by atoms with van der Waals surface area (Å²) in [6.07, 6.45) is 8.73. The molecule has 2 saturated heterocycles. The molecule has 6 nitrogen and oxygen atoms in total. The first-order chi connectivity index (χ1) is 14.0. The number of hydrogen-bond donors (Lipinski definition) is 2. The average Bonchev–Trinajstić information content (AvgIpc) is 3.21. The molecule has 0 unspecified atom stereocenters. The maximum absolute atomic E-state index is 12.7. The predicted octanol–water partition coefficient (Wildman–Crippen LogP) is 2.65. The van der Waals surface area contributed by atoms with Crippen molar-refractivity contribution in [3.8, 4) is 0 Å². The van der Waals surface area contributed by atoms with Gasteiger partial charge in [-0.2, -0.15) is 0 Å². The van der Waals surface area contributed by atoms with Crippen molar-refractivity contribution in [1.82, 2.24) is 15.2 Å². The Kier molecular flexibility index (Phi) is 6.23. The molecule has 2 aliphatic heterocycles. The number of pyridine rings is 1. The molecule has 1 spiro atoms. The molecule has 2 atom stereocenters. The highest BCUT2D eigenvalue weighted by Gasteiger charge is 2.53. The summed E-state index contributed by atoms with van der Waals surface area (Å²) in [6, 6.07) is 6.00. The molecule has 1 saturated carbocycles. The molecule has 29 heavy (non-hydrogen) atoms. The molecule has 1 aromatic rings. The SMILES string of the molecule is C[C@]1(NC(=O)CC2CCCC2)CCOC2(CCN(Cc3ccccn3)CC2)[C@@H]1O. The van der Waals surface area contributed by atoms with E-state index in [-0.39, 0.29) is 5.91 Å². The molecule has 1 aromatic heterocycles. The molecule has 0 bridgehead atoms. The molecule has 3 aliphatic rings. The second kappa shape index (κ2) is 8.70. The molecule has 160 valence electrons. The fourth-order valence-electron chi connectivity index (χ4n) is 5.47. The van der Waals surface area contributed by atoms with Gasteiger partial charge in [0.2, 0.25) is 5.91 Å². The summed E-state index contributed by atoms with van der Waals surface area (Å²) in [7, 11) is 0. The Bertz CT molecular complexity index is 684. The van der Waals surface area contributed by atoms with Crippen molar-refractivity contribution in [2.45, 2.75) is 82.1 Å². The van der Waals surface area contributed by atoms with Gasteiger partial charge in [-0.25, -0.2) is 0 Å². The lowest BCUT2D eigenvalue weighted by atomic mass is 9.73. The predicted molar refractivity (Wildman–Crippen MR) is 111 cm³/mol. The van der Waals surface area contributed by atoms with Gasteiger partial charge >= 0.3 is 0 Å². The molecule has 3 fully saturated rings. The number of aromatic nitrogens is 1. The van der Waals surface area contributed by atoms with Gasteiger partial charge in [0.1, 0.15) is 6.10 Å². The fraction of sp³-hybridized carbons (Fsp3) is 0.739. The fourth-order valence-corrected chi connectivity index (χ4v) is 5.47. The van der Waals surface area contributed by atoms with E-state index in [9.17, 15) is 9.90 Å². The molecular weight excluding hydrogens is 366 g/mol. The standard InChI is InChI=1S/C23H35N3O3/c1-22(25-20(27)16-18-6-2-3-7-18)11-15-29-23(21(22)28)9-13-26(14-10-23)17-19-8-4-5-12-24-19/h4-5,8,12,18,21,28H,2-3,6-7,9-11,13-17H2,1H3,(H,25,27)/t21-,22+/m1/s1. The smallest absolute Gasteiger partial charge is 0.220 e. The Labute approximate surface area is 174 Å². The van der Waals surface area contributed by atoms with E-state index in [4.69, 9.17) is 4.74 Å². The second-order valence-corrected chi connectivity index (χ2v) is 9.48. The van der Waals surface area contributed by atoms with Gasteiger partial charge in [-0.15, -0.1) is 0 Å². The zero-order valence-corrected chi connectivity index (χ0v) is 17.6. The summed E-state index contributed by atoms with van der Waals surface area (Å²) in [6.45, 7) is 5.12. The van der Waals surface area contributed by atoms with Crippen LogP contribution in [0.5, 0.6) is 0 Å². The minimum absolute atomic E-state index is 0.0862. The Morgan fingerprint density at radius 3 is 2.72 bits per heavy atom. The molecule has 0 aromatic carbocycles. The van der Waals surface area contributed by atoms with Gasteiger partial charge in [0.05, 0.1) is 16.8 Å². The van der Waals surface area contributed by atoms with E-state index >= 15 is 0 Å². The van der Waals surface area contributed by atoms with Gasteiger partial charge < -0.3 is 15.2 Å². The lowest BCUT2D eigenvalue weighted by Crippen LogP contribution is -2.69. The summed E-state index contributed by atoms with van der Waals surface area (Å²) in [5, 5.41) is 14.5. The summed E-state index contributed by atoms with van der Waals surface area (Å²) in [5.74, 6) is 0.600. The lowest BCUT2D eigenvalue weighted by molar-refractivity contribution is -0.208. The van der Waals surface area contributed by atoms with Crippen molar-refractivity contribution in [2.24, 2.45) is 5.92 Å². The highest BCUT2D eigenvalue weighted by molar-refractivity contribution is 5.77. The van der Waals surface area contributed by atoms with Crippen molar-refractivity contribution in [3.63, 3.8) is 0 Å². The lowest BCUT2D eigenvalue weighted by Gasteiger charge is -2.53. The van der Waals surface area contributed by atoms with Crippen LogP contribution in [-0.2, 0) is 16.1 Å². The molecular formula is C23H35N3O3. The van der Waals surface area contributed by atoms with E-state index in [0.717, 1.165) is 51.0 Å². The number of aliphatic hydroxyl groups is 1. The van der Waals surface area contributed by atoms with E-state index in [0.29, 0.717) is 25.4 Å². The Balaban J connectivity index is 1.35. The third-order valence-electron chi connectivity index (χ3n) is 7.30. The van der Waals surface area contributed by atoms with Crippen LogP contribution in [0.4, 0.5) is 0 Å². The number of rotatable bonds is 5. The first kappa shape index (κ1) is 20.8. The number of hydrogen-bond acceptors (Lipinski definition) is 5. The minimum atomic E-state index is -0.687. The quantitative estimate of drug-likeness (QED) is 0.793. The van der Waals surface area contributed by atoms with E-state index in [1.165, 1.54) is 12.8 Å². The topological polar surface area (TPSA) is 74.7 Å². The van der Waals surface area contributed by atoms with Crippen LogP contribution in [0.3, 0.4) is 0 Å². The molecule has 1 amide bonds. The average molecular weight is 402 g/mol. The monoisotopic (exact) mass is 401 g/mol. The Morgan fingerprint density at radius 2 is 2.03 bits per heavy atom. The third kappa shape index (κ3) is 4.65. The highest BCUT2D eigenvalue weighted by atomic mass is 16.5. The van der Waals surface area contributed by atoms with Gasteiger partial charge in [0.15, 0.2) is 0 Å². The molecule has 0 radical (unpaired) electrons. The van der Waals surface area contributed by atoms with Crippen molar-refractivity contribution >= 4 is 5.91 Å². The van der Waals surface area contributed by atoms with Gasteiger partial charge in [-0.05, 0) is 57.1 Å². The second-order valence-electron chi connectivity index (χ2n) is 9.48. The number of nitrogens with one attached hydrogen (secondary N) is 1. The van der Waals surface area contributed by atoms with Crippen LogP contribution in [-0.4, -0.2) is 57.8 Å². The number of ether oxygens (including phenoxy) is 1. The number of carbonyl (C=O) groups excluding carboxylic acids is 1. The van der Waals surface area contributed by atoms with Gasteiger partial charge in [-0.1, -0.05) is 18.9 Å². The Morgan fingerprint density at radius 1 is 1.28 bits per heavy atom. The molecule has 6 heteroatoms. The maximum Gasteiger partial charge on any atom is 0.220 e. The first-order valence-electron chi connectivity index (χ1n) is 11.2. The number of aliphatic hydroxyl groups excluding tert-OH is 1. The summed E-state index contributed by atoms with van der Waals surface area (Å²) in [5.41, 5.74) is -0.108. The zero-order valence-electron chi connectivity index (χ0n) is 17.6. The summed E-state index contributed by atoms with van der Waals surface area (Å²) < 4.78 is 6.18. The van der Waals surface area contributed by atoms with Crippen LogP contribution in [0.2, 0.25) is 0 Å². The first-order valence-corrected chi connectivity index (χ1v) is 11.2. The Hall–Kier alpha value is -1.50. The van der Waals surface area contributed by atoms with E-state index in [1.54, 1.807) is 0 Å². The van der Waals surface area contributed by atoms with Crippen molar-refractivity contribution in [2.75, 3.05) is 19.7 Å². The molecule has 3 heterocycles. The number of carbonyl (C=O) groups is 1. The normalized spacial score (nSPS) is 30.5. The van der Waals surface area contributed by atoms with Crippen molar-refractivity contribution in [1.29, 1.82) is 0 Å². The van der Waals surface area contributed by atoms with E-state index in [2.05, 4.69) is 15.2 Å². The van der Waals surface area contributed by atoms with Gasteiger partial charge in [0.25, 0.3) is 0 Å². The third-order valence-corrected chi connectivity index (χ3v) is 7.30. The zero-order chi connectivity index (χ0) is 20.3. The summed E-state index contributed by atoms with van der Waals surface area (Å²) in [4.78, 5) is 19.5. The number of nitrogens with zero attached hydrogens (tertiary/aromatic N) is 2. The van der Waals surface area contributed by atoms with Crippen molar-refractivity contribution < 1.29 is 14.6 Å². The highest BCUT2D eigenvalue weighted by Crippen LogP contribution is 2.40. The van der Waals surface area contributed by atoms with Crippen LogP contribution in [0.25, 0.3) is 0 Å². The minimum Gasteiger partial charge on any atom is -0.388 e. The molecule has 4 rings (SSSR count). The molecule has 2 N–H and O–H groups in total. The van der Waals surface area contributed by atoms with Crippen LogP contribution in [0.15, 0.2) is 24.4 Å². The van der Waals surface area contributed by atoms with E-state index in [1.807, 2.05) is 31.3 Å². The number of amides is 1.